The quantitative estimate of drug-likeness (QED) is 0.765. The molecule has 1 aliphatic rings. The van der Waals surface area contributed by atoms with Crippen LogP contribution in [0.3, 0.4) is 0 Å². The highest BCUT2D eigenvalue weighted by atomic mass is 16.5. The van der Waals surface area contributed by atoms with Crippen LogP contribution in [0.4, 0.5) is 0 Å². The Balaban J connectivity index is 1.72. The topological polar surface area (TPSA) is 38.5 Å². The molecule has 100 valence electrons. The first-order valence-corrected chi connectivity index (χ1v) is 6.99. The summed E-state index contributed by atoms with van der Waals surface area (Å²) in [4.78, 5) is 2.50. The van der Waals surface area contributed by atoms with Gasteiger partial charge in [-0.3, -0.25) is 4.90 Å². The van der Waals surface area contributed by atoms with E-state index in [-0.39, 0.29) is 0 Å². The zero-order chi connectivity index (χ0) is 12.8. The summed E-state index contributed by atoms with van der Waals surface area (Å²) in [6, 6.07) is 9.10. The minimum absolute atomic E-state index is 0.701. The number of rotatable bonds is 8. The highest BCUT2D eigenvalue weighted by molar-refractivity contribution is 5.27. The Kier molecular flexibility index (Phi) is 5.02. The molecule has 1 aliphatic carbocycles. The fourth-order valence-electron chi connectivity index (χ4n) is 2.24. The summed E-state index contributed by atoms with van der Waals surface area (Å²) >= 11 is 0. The molecular weight excluding hydrogens is 224 g/mol. The van der Waals surface area contributed by atoms with E-state index in [0.717, 1.165) is 37.9 Å². The fraction of sp³-hybridized carbons (Fsp3) is 0.600. The van der Waals surface area contributed by atoms with Gasteiger partial charge >= 0.3 is 0 Å². The van der Waals surface area contributed by atoms with E-state index in [4.69, 9.17) is 10.5 Å². The summed E-state index contributed by atoms with van der Waals surface area (Å²) in [7, 11) is 0. The third-order valence-corrected chi connectivity index (χ3v) is 3.47. The Morgan fingerprint density at radius 3 is 2.56 bits per heavy atom. The van der Waals surface area contributed by atoms with Crippen LogP contribution in [0.25, 0.3) is 0 Å². The predicted octanol–water partition coefficient (Wildman–Crippen LogP) is 2.05. The molecule has 0 atom stereocenters. The maximum absolute atomic E-state index is 5.78. The van der Waals surface area contributed by atoms with E-state index in [2.05, 4.69) is 24.0 Å². The number of ether oxygens (including phenoxy) is 1. The molecule has 0 radical (unpaired) electrons. The van der Waals surface area contributed by atoms with E-state index in [0.29, 0.717) is 6.54 Å². The van der Waals surface area contributed by atoms with Crippen molar-refractivity contribution in [3.05, 3.63) is 29.8 Å². The van der Waals surface area contributed by atoms with Crippen LogP contribution in [0.1, 0.15) is 25.3 Å². The molecule has 1 fully saturated rings. The van der Waals surface area contributed by atoms with Crippen molar-refractivity contribution in [2.24, 2.45) is 5.73 Å². The zero-order valence-electron chi connectivity index (χ0n) is 11.3. The average Bonchev–Trinajstić information content (AvgIpc) is 3.21. The van der Waals surface area contributed by atoms with Crippen molar-refractivity contribution in [2.45, 2.75) is 32.2 Å². The molecule has 1 aromatic rings. The van der Waals surface area contributed by atoms with Gasteiger partial charge in [-0.05, 0) is 50.0 Å². The van der Waals surface area contributed by atoms with Crippen LogP contribution >= 0.6 is 0 Å². The molecule has 2 rings (SSSR count). The molecule has 2 N–H and O–H groups in total. The Morgan fingerprint density at radius 1 is 1.28 bits per heavy atom. The normalized spacial score (nSPS) is 15.1. The van der Waals surface area contributed by atoms with Gasteiger partial charge in [0.05, 0.1) is 0 Å². The lowest BCUT2D eigenvalue weighted by Crippen LogP contribution is -2.30. The predicted molar refractivity (Wildman–Crippen MR) is 75.0 cm³/mol. The van der Waals surface area contributed by atoms with E-state index in [1.165, 1.54) is 18.4 Å². The molecule has 0 heterocycles. The first-order valence-electron chi connectivity index (χ1n) is 6.99. The minimum Gasteiger partial charge on any atom is -0.492 e. The van der Waals surface area contributed by atoms with Gasteiger partial charge in [-0.2, -0.15) is 0 Å². The molecule has 0 spiro atoms. The molecule has 3 heteroatoms. The lowest BCUT2D eigenvalue weighted by atomic mass is 10.1. The van der Waals surface area contributed by atoms with Gasteiger partial charge in [-0.25, -0.2) is 0 Å². The maximum atomic E-state index is 5.78. The van der Waals surface area contributed by atoms with Crippen LogP contribution < -0.4 is 10.5 Å². The smallest absolute Gasteiger partial charge is 0.119 e. The summed E-state index contributed by atoms with van der Waals surface area (Å²) in [5.74, 6) is 0.961. The summed E-state index contributed by atoms with van der Waals surface area (Å²) in [5.41, 5.74) is 6.80. The molecule has 1 saturated carbocycles. The average molecular weight is 248 g/mol. The van der Waals surface area contributed by atoms with Crippen molar-refractivity contribution in [1.82, 2.24) is 4.90 Å². The van der Waals surface area contributed by atoms with Gasteiger partial charge in [0.2, 0.25) is 0 Å². The van der Waals surface area contributed by atoms with Crippen LogP contribution in [-0.2, 0) is 6.42 Å². The van der Waals surface area contributed by atoms with Gasteiger partial charge in [-0.15, -0.1) is 0 Å². The largest absolute Gasteiger partial charge is 0.492 e. The number of hydrogen-bond acceptors (Lipinski definition) is 3. The van der Waals surface area contributed by atoms with Crippen LogP contribution in [0.15, 0.2) is 24.3 Å². The van der Waals surface area contributed by atoms with Crippen molar-refractivity contribution in [1.29, 1.82) is 0 Å². The minimum atomic E-state index is 0.701. The highest BCUT2D eigenvalue weighted by Crippen LogP contribution is 2.26. The molecule has 0 aromatic heterocycles. The number of nitrogens with zero attached hydrogens (tertiary/aromatic N) is 1. The lowest BCUT2D eigenvalue weighted by Gasteiger charge is -2.19. The first kappa shape index (κ1) is 13.4. The van der Waals surface area contributed by atoms with Crippen molar-refractivity contribution < 1.29 is 4.74 Å². The summed E-state index contributed by atoms with van der Waals surface area (Å²) in [6.45, 7) is 5.86. The Labute approximate surface area is 110 Å². The molecule has 0 unspecified atom stereocenters. The fourth-order valence-corrected chi connectivity index (χ4v) is 2.24. The third kappa shape index (κ3) is 4.00. The second-order valence-electron chi connectivity index (χ2n) is 4.89. The number of benzene rings is 1. The zero-order valence-corrected chi connectivity index (χ0v) is 11.3. The van der Waals surface area contributed by atoms with Gasteiger partial charge in [-0.1, -0.05) is 19.1 Å². The second-order valence-corrected chi connectivity index (χ2v) is 4.89. The summed E-state index contributed by atoms with van der Waals surface area (Å²) in [5, 5.41) is 0. The molecule has 1 aromatic carbocycles. The second kappa shape index (κ2) is 6.76. The van der Waals surface area contributed by atoms with Gasteiger partial charge in [0.25, 0.3) is 0 Å². The summed E-state index contributed by atoms with van der Waals surface area (Å²) < 4.78 is 5.78. The molecular formula is C15H24N2O. The van der Waals surface area contributed by atoms with Crippen molar-refractivity contribution in [2.75, 3.05) is 26.2 Å². The molecule has 0 aliphatic heterocycles. The Bertz CT molecular complexity index is 346. The van der Waals surface area contributed by atoms with Gasteiger partial charge in [0.15, 0.2) is 0 Å². The standard InChI is InChI=1S/C15H24N2O/c1-2-17(14-5-6-14)11-12-18-15-7-3-13(4-8-15)9-10-16/h3-4,7-8,14H,2,5-6,9-12,16H2,1H3. The van der Waals surface area contributed by atoms with Crippen LogP contribution in [0.5, 0.6) is 5.75 Å². The highest BCUT2D eigenvalue weighted by Gasteiger charge is 2.27. The van der Waals surface area contributed by atoms with Crippen LogP contribution in [0.2, 0.25) is 0 Å². The van der Waals surface area contributed by atoms with E-state index < -0.39 is 0 Å². The molecule has 18 heavy (non-hydrogen) atoms. The van der Waals surface area contributed by atoms with Crippen LogP contribution in [0, 0.1) is 0 Å². The van der Waals surface area contributed by atoms with Gasteiger partial charge < -0.3 is 10.5 Å². The van der Waals surface area contributed by atoms with E-state index in [1.54, 1.807) is 0 Å². The van der Waals surface area contributed by atoms with Gasteiger partial charge in [0, 0.05) is 12.6 Å². The Hall–Kier alpha value is -1.06. The van der Waals surface area contributed by atoms with E-state index in [9.17, 15) is 0 Å². The number of likely N-dealkylation sites (N-methyl/N-ethyl adjacent to an activating group) is 1. The molecule has 3 nitrogen and oxygen atoms in total. The van der Waals surface area contributed by atoms with Crippen molar-refractivity contribution >= 4 is 0 Å². The Morgan fingerprint density at radius 2 is 2.00 bits per heavy atom. The monoisotopic (exact) mass is 248 g/mol. The number of hydrogen-bond donors (Lipinski definition) is 1. The van der Waals surface area contributed by atoms with E-state index in [1.807, 2.05) is 12.1 Å². The van der Waals surface area contributed by atoms with Gasteiger partial charge in [0.1, 0.15) is 12.4 Å². The summed E-state index contributed by atoms with van der Waals surface area (Å²) in [6.07, 6.45) is 3.66. The third-order valence-electron chi connectivity index (χ3n) is 3.47. The maximum Gasteiger partial charge on any atom is 0.119 e. The van der Waals surface area contributed by atoms with Crippen molar-refractivity contribution in [3.63, 3.8) is 0 Å². The first-order chi connectivity index (χ1) is 8.83. The van der Waals surface area contributed by atoms with Crippen LogP contribution in [-0.4, -0.2) is 37.2 Å². The van der Waals surface area contributed by atoms with E-state index >= 15 is 0 Å². The lowest BCUT2D eigenvalue weighted by molar-refractivity contribution is 0.209. The molecule has 0 amide bonds. The molecule has 0 bridgehead atoms. The number of nitrogens with two attached hydrogens (primary N) is 1. The van der Waals surface area contributed by atoms with Crippen molar-refractivity contribution in [3.8, 4) is 5.75 Å². The molecule has 0 saturated heterocycles. The SMILES string of the molecule is CCN(CCOc1ccc(CCN)cc1)C1CC1.